The normalized spacial score (nSPS) is 20.3. The van der Waals surface area contributed by atoms with E-state index in [1.54, 1.807) is 6.92 Å². The third kappa shape index (κ3) is 3.76. The van der Waals surface area contributed by atoms with Crippen LogP contribution in [-0.4, -0.2) is 34.5 Å². The van der Waals surface area contributed by atoms with Gasteiger partial charge in [-0.1, -0.05) is 31.2 Å². The third-order valence-corrected chi connectivity index (χ3v) is 4.06. The summed E-state index contributed by atoms with van der Waals surface area (Å²) >= 11 is 1.19. The Balaban J connectivity index is 1.82. The van der Waals surface area contributed by atoms with Gasteiger partial charge in [0.05, 0.1) is 17.0 Å². The van der Waals surface area contributed by atoms with Gasteiger partial charge in [-0.25, -0.2) is 4.99 Å². The molecule has 2 rings (SSSR count). The van der Waals surface area contributed by atoms with Crippen molar-refractivity contribution in [2.45, 2.75) is 38.6 Å². The zero-order valence-electron chi connectivity index (χ0n) is 10.9. The monoisotopic (exact) mass is 279 g/mol. The molecule has 1 saturated carbocycles. The highest BCUT2D eigenvalue weighted by molar-refractivity contribution is 8.14. The summed E-state index contributed by atoms with van der Waals surface area (Å²) in [6.45, 7) is 5.31. The van der Waals surface area contributed by atoms with Crippen molar-refractivity contribution in [2.75, 3.05) is 5.75 Å². The fourth-order valence-corrected chi connectivity index (χ4v) is 2.77. The maximum atomic E-state index is 11.7. The van der Waals surface area contributed by atoms with Crippen molar-refractivity contribution in [3.05, 3.63) is 12.2 Å². The zero-order chi connectivity index (χ0) is 13.8. The molecule has 0 saturated heterocycles. The van der Waals surface area contributed by atoms with E-state index in [1.165, 1.54) is 24.6 Å². The van der Waals surface area contributed by atoms with E-state index in [9.17, 15) is 9.59 Å². The summed E-state index contributed by atoms with van der Waals surface area (Å²) in [7, 11) is 0. The second kappa shape index (κ2) is 6.14. The van der Waals surface area contributed by atoms with Crippen molar-refractivity contribution in [3.63, 3.8) is 0 Å². The van der Waals surface area contributed by atoms with Gasteiger partial charge >= 0.3 is 0 Å². The van der Waals surface area contributed by atoms with Crippen LogP contribution in [0.25, 0.3) is 0 Å². The number of nitrogens with one attached hydrogen (secondary N) is 1. The van der Waals surface area contributed by atoms with Gasteiger partial charge in [0.2, 0.25) is 5.91 Å². The van der Waals surface area contributed by atoms with Crippen LogP contribution < -0.4 is 5.32 Å². The maximum Gasteiger partial charge on any atom is 0.280 e. The molecule has 1 fully saturated rings. The number of amides is 2. The van der Waals surface area contributed by atoms with Crippen molar-refractivity contribution in [3.8, 4) is 0 Å². The van der Waals surface area contributed by atoms with E-state index in [2.05, 4.69) is 21.9 Å². The predicted molar refractivity (Wildman–Crippen MR) is 77.5 cm³/mol. The molecule has 5 nitrogen and oxygen atoms in total. The summed E-state index contributed by atoms with van der Waals surface area (Å²) in [4.78, 5) is 31.1. The summed E-state index contributed by atoms with van der Waals surface area (Å²) < 4.78 is 0. The number of hydrogen-bond acceptors (Lipinski definition) is 4. The first-order valence-corrected chi connectivity index (χ1v) is 7.34. The minimum absolute atomic E-state index is 0.0238. The van der Waals surface area contributed by atoms with Crippen molar-refractivity contribution < 1.29 is 9.59 Å². The van der Waals surface area contributed by atoms with Crippen LogP contribution in [0.1, 0.15) is 32.6 Å². The lowest BCUT2D eigenvalue weighted by molar-refractivity contribution is -0.119. The van der Waals surface area contributed by atoms with Crippen LogP contribution in [-0.2, 0) is 9.59 Å². The molecular weight excluding hydrogens is 262 g/mol. The molecule has 0 aromatic carbocycles. The van der Waals surface area contributed by atoms with Gasteiger partial charge in [0.15, 0.2) is 5.17 Å². The molecule has 0 unspecified atom stereocenters. The van der Waals surface area contributed by atoms with E-state index >= 15 is 0 Å². The smallest absolute Gasteiger partial charge is 0.280 e. The van der Waals surface area contributed by atoms with E-state index in [-0.39, 0.29) is 17.6 Å². The fraction of sp³-hybridized carbons (Fsp3) is 0.538. The lowest BCUT2D eigenvalue weighted by Gasteiger charge is -2.12. The summed E-state index contributed by atoms with van der Waals surface area (Å²) in [6, 6.07) is 0.313. The molecule has 19 heavy (non-hydrogen) atoms. The Morgan fingerprint density at radius 3 is 2.74 bits per heavy atom. The zero-order valence-corrected chi connectivity index (χ0v) is 11.8. The number of hydrogen-bond donors (Lipinski definition) is 1. The first-order valence-electron chi connectivity index (χ1n) is 6.36. The maximum absolute atomic E-state index is 11.7. The third-order valence-electron chi connectivity index (χ3n) is 3.21. The second-order valence-electron chi connectivity index (χ2n) is 4.71. The Morgan fingerprint density at radius 2 is 2.11 bits per heavy atom. The van der Waals surface area contributed by atoms with Crippen LogP contribution in [0.5, 0.6) is 0 Å². The van der Waals surface area contributed by atoms with Gasteiger partial charge in [-0.15, -0.1) is 0 Å². The van der Waals surface area contributed by atoms with Crippen LogP contribution in [0.3, 0.4) is 0 Å². The van der Waals surface area contributed by atoms with E-state index in [0.29, 0.717) is 22.5 Å². The van der Waals surface area contributed by atoms with Crippen molar-refractivity contribution in [1.82, 2.24) is 5.32 Å². The number of rotatable bonds is 3. The van der Waals surface area contributed by atoms with Crippen LogP contribution in [0, 0.1) is 0 Å². The molecule has 1 aliphatic heterocycles. The average Bonchev–Trinajstić information content (AvgIpc) is 2.86. The molecule has 0 atom stereocenters. The minimum atomic E-state index is -0.369. The van der Waals surface area contributed by atoms with Crippen molar-refractivity contribution in [2.24, 2.45) is 9.98 Å². The van der Waals surface area contributed by atoms with E-state index < -0.39 is 0 Å². The van der Waals surface area contributed by atoms with E-state index in [0.717, 1.165) is 12.8 Å². The molecule has 6 heteroatoms. The quantitative estimate of drug-likeness (QED) is 0.799. The molecule has 0 spiro atoms. The summed E-state index contributed by atoms with van der Waals surface area (Å²) in [6.07, 6.45) is 4.50. The minimum Gasteiger partial charge on any atom is -0.353 e. The number of thioether (sulfide) groups is 1. The van der Waals surface area contributed by atoms with Gasteiger partial charge in [0, 0.05) is 6.04 Å². The molecule has 2 amide bonds. The molecule has 0 aromatic heterocycles. The standard InChI is InChI=1S/C13H17N3O2S/c1-8-9(2)14-13(16-12(8)18)19-7-11(17)15-10-5-3-4-6-10/h10H,1,3-7H2,2H3,(H,15,17). The fourth-order valence-electron chi connectivity index (χ4n) is 2.08. The number of carbonyl (C=O) groups is 2. The van der Waals surface area contributed by atoms with Gasteiger partial charge < -0.3 is 5.32 Å². The number of aliphatic imine (C=N–C) groups is 2. The Bertz CT molecular complexity index is 476. The van der Waals surface area contributed by atoms with Gasteiger partial charge in [0.1, 0.15) is 0 Å². The van der Waals surface area contributed by atoms with Crippen molar-refractivity contribution >= 4 is 34.5 Å². The van der Waals surface area contributed by atoms with E-state index in [4.69, 9.17) is 0 Å². The molecule has 1 aliphatic carbocycles. The topological polar surface area (TPSA) is 70.9 Å². The molecule has 1 heterocycles. The molecular formula is C13H17N3O2S. The first-order chi connectivity index (χ1) is 9.06. The van der Waals surface area contributed by atoms with Crippen LogP contribution >= 0.6 is 11.8 Å². The number of nitrogens with zero attached hydrogens (tertiary/aromatic N) is 2. The van der Waals surface area contributed by atoms with Crippen LogP contribution in [0.2, 0.25) is 0 Å². The SMILES string of the molecule is C=C1C(=O)N=C(SCC(=O)NC2CCCC2)N=C1C. The van der Waals surface area contributed by atoms with Gasteiger partial charge in [-0.3, -0.25) is 9.59 Å². The summed E-state index contributed by atoms with van der Waals surface area (Å²) in [5.74, 6) is -0.151. The second-order valence-corrected chi connectivity index (χ2v) is 5.66. The summed E-state index contributed by atoms with van der Waals surface area (Å²) in [5.41, 5.74) is 0.887. The van der Waals surface area contributed by atoms with E-state index in [1.807, 2.05) is 0 Å². The molecule has 2 aliphatic rings. The van der Waals surface area contributed by atoms with Crippen LogP contribution in [0.15, 0.2) is 22.1 Å². The predicted octanol–water partition coefficient (Wildman–Crippen LogP) is 1.69. The molecule has 0 aromatic rings. The lowest BCUT2D eigenvalue weighted by Crippen LogP contribution is -2.34. The molecule has 0 bridgehead atoms. The Morgan fingerprint density at radius 1 is 1.42 bits per heavy atom. The number of carbonyl (C=O) groups excluding carboxylic acids is 2. The van der Waals surface area contributed by atoms with Gasteiger partial charge in [0.25, 0.3) is 5.91 Å². The highest BCUT2D eigenvalue weighted by Gasteiger charge is 2.20. The van der Waals surface area contributed by atoms with Crippen molar-refractivity contribution in [1.29, 1.82) is 0 Å². The summed E-state index contributed by atoms with van der Waals surface area (Å²) in [5, 5.41) is 3.33. The molecule has 1 N–H and O–H groups in total. The van der Waals surface area contributed by atoms with Gasteiger partial charge in [-0.05, 0) is 19.8 Å². The Labute approximate surface area is 116 Å². The van der Waals surface area contributed by atoms with Crippen LogP contribution in [0.4, 0.5) is 0 Å². The van der Waals surface area contributed by atoms with Gasteiger partial charge in [-0.2, -0.15) is 4.99 Å². The highest BCUT2D eigenvalue weighted by atomic mass is 32.2. The first kappa shape index (κ1) is 14.0. The lowest BCUT2D eigenvalue weighted by atomic mass is 10.2. The number of amidine groups is 1. The molecule has 0 radical (unpaired) electrons. The highest BCUT2D eigenvalue weighted by Crippen LogP contribution is 2.18. The average molecular weight is 279 g/mol. The Kier molecular flexibility index (Phi) is 4.52. The largest absolute Gasteiger partial charge is 0.353 e. The Hall–Kier alpha value is -1.43. The molecule has 102 valence electrons.